The Labute approximate surface area is 222 Å². The SMILES string of the molecule is Cc1ccccc1NC(=O)CN1C(=O)SC(=Cc2cc(C)n(-n3c(C)nc4ccccc4c3=O)c2C)C1=O. The van der Waals surface area contributed by atoms with Crippen LogP contribution in [0.4, 0.5) is 10.5 Å². The van der Waals surface area contributed by atoms with E-state index >= 15 is 0 Å². The maximum atomic E-state index is 13.3. The third-order valence-electron chi connectivity index (χ3n) is 6.43. The number of thioether (sulfide) groups is 1. The van der Waals surface area contributed by atoms with E-state index in [-0.39, 0.29) is 17.0 Å². The zero-order chi connectivity index (χ0) is 27.1. The van der Waals surface area contributed by atoms with E-state index in [1.165, 1.54) is 4.68 Å². The average molecular weight is 528 g/mol. The van der Waals surface area contributed by atoms with Gasteiger partial charge in [-0.25, -0.2) is 4.98 Å². The number of fused-ring (bicyclic) bond motifs is 1. The van der Waals surface area contributed by atoms with Gasteiger partial charge in [0.25, 0.3) is 16.7 Å². The molecule has 0 radical (unpaired) electrons. The van der Waals surface area contributed by atoms with Crippen molar-refractivity contribution in [3.63, 3.8) is 0 Å². The first kappa shape index (κ1) is 25.2. The van der Waals surface area contributed by atoms with Crippen LogP contribution in [-0.4, -0.2) is 42.8 Å². The molecule has 10 heteroatoms. The molecule has 192 valence electrons. The molecule has 4 aromatic rings. The summed E-state index contributed by atoms with van der Waals surface area (Å²) in [5, 5.41) is 2.73. The number of nitrogens with zero attached hydrogens (tertiary/aromatic N) is 4. The fourth-order valence-electron chi connectivity index (χ4n) is 4.53. The van der Waals surface area contributed by atoms with Gasteiger partial charge in [0.1, 0.15) is 12.4 Å². The normalized spacial score (nSPS) is 14.6. The highest BCUT2D eigenvalue weighted by Gasteiger charge is 2.36. The number of nitrogens with one attached hydrogen (secondary N) is 1. The summed E-state index contributed by atoms with van der Waals surface area (Å²) < 4.78 is 3.26. The fraction of sp³-hybridized carbons (Fsp3) is 0.179. The van der Waals surface area contributed by atoms with Crippen LogP contribution in [-0.2, 0) is 9.59 Å². The number of carbonyl (C=O) groups is 3. The van der Waals surface area contributed by atoms with E-state index < -0.39 is 17.1 Å². The third-order valence-corrected chi connectivity index (χ3v) is 7.34. The maximum Gasteiger partial charge on any atom is 0.294 e. The molecule has 0 bridgehead atoms. The summed E-state index contributed by atoms with van der Waals surface area (Å²) in [7, 11) is 0. The van der Waals surface area contributed by atoms with Gasteiger partial charge in [-0.15, -0.1) is 0 Å². The Bertz CT molecular complexity index is 1730. The molecule has 1 N–H and O–H groups in total. The molecular weight excluding hydrogens is 502 g/mol. The quantitative estimate of drug-likeness (QED) is 0.385. The molecule has 0 spiro atoms. The monoisotopic (exact) mass is 527 g/mol. The molecular formula is C28H25N5O4S. The molecule has 0 atom stereocenters. The van der Waals surface area contributed by atoms with E-state index in [9.17, 15) is 19.2 Å². The Kier molecular flexibility index (Phi) is 6.50. The van der Waals surface area contributed by atoms with Gasteiger partial charge < -0.3 is 5.32 Å². The number of hydrogen-bond donors (Lipinski definition) is 1. The molecule has 2 aromatic heterocycles. The summed E-state index contributed by atoms with van der Waals surface area (Å²) in [6, 6.07) is 16.3. The largest absolute Gasteiger partial charge is 0.324 e. The molecule has 2 aromatic carbocycles. The van der Waals surface area contributed by atoms with Gasteiger partial charge in [0, 0.05) is 17.1 Å². The van der Waals surface area contributed by atoms with Crippen molar-refractivity contribution >= 4 is 51.5 Å². The minimum atomic E-state index is -0.537. The van der Waals surface area contributed by atoms with Gasteiger partial charge in [-0.05, 0) is 80.9 Å². The Morgan fingerprint density at radius 2 is 1.68 bits per heavy atom. The summed E-state index contributed by atoms with van der Waals surface area (Å²) in [5.74, 6) is -0.479. The molecule has 3 amide bonds. The first-order chi connectivity index (χ1) is 18.2. The van der Waals surface area contributed by atoms with Crippen LogP contribution in [0.5, 0.6) is 0 Å². The Morgan fingerprint density at radius 3 is 2.45 bits per heavy atom. The maximum absolute atomic E-state index is 13.3. The molecule has 9 nitrogen and oxygen atoms in total. The molecule has 3 heterocycles. The highest BCUT2D eigenvalue weighted by Crippen LogP contribution is 2.33. The lowest BCUT2D eigenvalue weighted by Crippen LogP contribution is -2.36. The predicted octanol–water partition coefficient (Wildman–Crippen LogP) is 4.42. The second-order valence-electron chi connectivity index (χ2n) is 9.06. The third kappa shape index (κ3) is 4.43. The predicted molar refractivity (Wildman–Crippen MR) is 148 cm³/mol. The van der Waals surface area contributed by atoms with Crippen molar-refractivity contribution in [2.45, 2.75) is 27.7 Å². The summed E-state index contributed by atoms with van der Waals surface area (Å²) in [6.07, 6.45) is 1.62. The number of amides is 3. The zero-order valence-electron chi connectivity index (χ0n) is 21.3. The highest BCUT2D eigenvalue weighted by atomic mass is 32.2. The van der Waals surface area contributed by atoms with Crippen molar-refractivity contribution in [1.82, 2.24) is 19.2 Å². The zero-order valence-corrected chi connectivity index (χ0v) is 22.1. The topological polar surface area (TPSA) is 106 Å². The van der Waals surface area contributed by atoms with Crippen LogP contribution in [0.1, 0.15) is 28.3 Å². The first-order valence-corrected chi connectivity index (χ1v) is 12.8. The number of rotatable bonds is 5. The molecule has 5 rings (SSSR count). The van der Waals surface area contributed by atoms with E-state index in [1.807, 2.05) is 45.0 Å². The molecule has 1 fully saturated rings. The summed E-state index contributed by atoms with van der Waals surface area (Å²) in [6.45, 7) is 6.93. The van der Waals surface area contributed by atoms with Gasteiger partial charge in [0.2, 0.25) is 5.91 Å². The minimum absolute atomic E-state index is 0.207. The molecule has 0 saturated carbocycles. The number of para-hydroxylation sites is 2. The average Bonchev–Trinajstić information content (AvgIpc) is 3.30. The fourth-order valence-corrected chi connectivity index (χ4v) is 5.35. The molecule has 1 aliphatic rings. The van der Waals surface area contributed by atoms with Crippen LogP contribution in [0.3, 0.4) is 0 Å². The van der Waals surface area contributed by atoms with Crippen molar-refractivity contribution in [3.05, 3.63) is 98.2 Å². The Hall–Kier alpha value is -4.44. The molecule has 0 aliphatic carbocycles. The summed E-state index contributed by atoms with van der Waals surface area (Å²) in [5.41, 5.74) is 4.05. The van der Waals surface area contributed by atoms with Crippen LogP contribution < -0.4 is 10.9 Å². The van der Waals surface area contributed by atoms with Crippen molar-refractivity contribution in [2.24, 2.45) is 0 Å². The first-order valence-electron chi connectivity index (χ1n) is 11.9. The van der Waals surface area contributed by atoms with E-state index in [0.29, 0.717) is 33.7 Å². The van der Waals surface area contributed by atoms with E-state index in [2.05, 4.69) is 10.3 Å². The van der Waals surface area contributed by atoms with Gasteiger partial charge in [0.15, 0.2) is 0 Å². The van der Waals surface area contributed by atoms with Crippen molar-refractivity contribution in [1.29, 1.82) is 0 Å². The highest BCUT2D eigenvalue weighted by molar-refractivity contribution is 8.18. The Balaban J connectivity index is 1.43. The van der Waals surface area contributed by atoms with Crippen LogP contribution in [0.15, 0.2) is 64.3 Å². The number of imide groups is 1. The smallest absolute Gasteiger partial charge is 0.294 e. The number of benzene rings is 2. The van der Waals surface area contributed by atoms with Crippen LogP contribution >= 0.6 is 11.8 Å². The molecule has 38 heavy (non-hydrogen) atoms. The summed E-state index contributed by atoms with van der Waals surface area (Å²) >= 11 is 0.784. The van der Waals surface area contributed by atoms with Gasteiger partial charge in [-0.1, -0.05) is 30.3 Å². The van der Waals surface area contributed by atoms with Crippen LogP contribution in [0.2, 0.25) is 0 Å². The van der Waals surface area contributed by atoms with Gasteiger partial charge in [-0.2, -0.15) is 4.68 Å². The van der Waals surface area contributed by atoms with Gasteiger partial charge in [0.05, 0.1) is 15.8 Å². The van der Waals surface area contributed by atoms with E-state index in [1.54, 1.807) is 48.0 Å². The molecule has 1 aliphatic heterocycles. The molecule has 1 saturated heterocycles. The lowest BCUT2D eigenvalue weighted by Gasteiger charge is -2.16. The van der Waals surface area contributed by atoms with Crippen LogP contribution in [0.25, 0.3) is 17.0 Å². The van der Waals surface area contributed by atoms with Gasteiger partial charge in [-0.3, -0.25) is 28.8 Å². The number of aromatic nitrogens is 3. The standard InChI is InChI=1S/C28H25N5O4S/c1-16-9-5-7-11-22(16)30-25(34)15-31-27(36)24(38-28(31)37)14-20-13-17(2)32(18(20)3)33-19(4)29-23-12-8-6-10-21(23)26(33)35/h5-14H,15H2,1-4H3,(H,30,34). The number of hydrogen-bond acceptors (Lipinski definition) is 6. The second-order valence-corrected chi connectivity index (χ2v) is 10.1. The summed E-state index contributed by atoms with van der Waals surface area (Å²) in [4.78, 5) is 57.3. The van der Waals surface area contributed by atoms with Gasteiger partial charge >= 0.3 is 0 Å². The number of aryl methyl sites for hydroxylation is 3. The van der Waals surface area contributed by atoms with E-state index in [0.717, 1.165) is 27.9 Å². The number of carbonyl (C=O) groups excluding carboxylic acids is 3. The number of anilines is 1. The van der Waals surface area contributed by atoms with E-state index in [4.69, 9.17) is 0 Å². The van der Waals surface area contributed by atoms with Crippen LogP contribution in [0, 0.1) is 27.7 Å². The van der Waals surface area contributed by atoms with Crippen molar-refractivity contribution < 1.29 is 14.4 Å². The lowest BCUT2D eigenvalue weighted by atomic mass is 10.2. The van der Waals surface area contributed by atoms with Crippen molar-refractivity contribution in [2.75, 3.05) is 11.9 Å². The Morgan fingerprint density at radius 1 is 0.974 bits per heavy atom. The lowest BCUT2D eigenvalue weighted by molar-refractivity contribution is -0.127. The molecule has 0 unspecified atom stereocenters. The second kappa shape index (κ2) is 9.79. The van der Waals surface area contributed by atoms with Crippen molar-refractivity contribution in [3.8, 4) is 0 Å². The minimum Gasteiger partial charge on any atom is -0.324 e.